The summed E-state index contributed by atoms with van der Waals surface area (Å²) in [5.74, 6) is 2.07. The number of benzene rings is 2. The van der Waals surface area contributed by atoms with Crippen molar-refractivity contribution in [3.63, 3.8) is 0 Å². The van der Waals surface area contributed by atoms with Crippen molar-refractivity contribution < 1.29 is 18.8 Å². The monoisotopic (exact) mass is 353 g/mol. The molecular weight excluding hydrogens is 338 g/mol. The fourth-order valence-electron chi connectivity index (χ4n) is 1.83. The van der Waals surface area contributed by atoms with Gasteiger partial charge in [-0.3, -0.25) is 0 Å². The Bertz CT molecular complexity index is 596. The molecular formula is C16H16BCl2O4. The number of rotatable bonds is 8. The van der Waals surface area contributed by atoms with Gasteiger partial charge in [0.1, 0.15) is 11.5 Å². The Morgan fingerprint density at radius 2 is 1.17 bits per heavy atom. The molecule has 23 heavy (non-hydrogen) atoms. The summed E-state index contributed by atoms with van der Waals surface area (Å²) >= 11 is 11.9. The van der Waals surface area contributed by atoms with Crippen LogP contribution in [0.5, 0.6) is 23.0 Å². The predicted octanol–water partition coefficient (Wildman–Crippen LogP) is 4.78. The minimum Gasteiger partial charge on any atom is -0.524 e. The van der Waals surface area contributed by atoms with E-state index in [0.29, 0.717) is 46.3 Å². The van der Waals surface area contributed by atoms with Gasteiger partial charge in [0.25, 0.3) is 0 Å². The van der Waals surface area contributed by atoms with E-state index >= 15 is 0 Å². The Labute approximate surface area is 146 Å². The summed E-state index contributed by atoms with van der Waals surface area (Å²) in [6, 6.07) is 10.2. The van der Waals surface area contributed by atoms with Crippen LogP contribution in [0.25, 0.3) is 0 Å². The molecule has 1 radical (unpaired) electrons. The van der Waals surface area contributed by atoms with Gasteiger partial charge in [-0.25, -0.2) is 0 Å². The summed E-state index contributed by atoms with van der Waals surface area (Å²) in [6.07, 6.45) is 0. The molecule has 0 fully saturated rings. The SMILES string of the molecule is CCOc1ccc(Cl)cc1O[B]Oc1cc(Cl)ccc1OCC. The van der Waals surface area contributed by atoms with E-state index in [0.717, 1.165) is 0 Å². The zero-order valence-corrected chi connectivity index (χ0v) is 14.4. The molecule has 0 unspecified atom stereocenters. The minimum atomic E-state index is 0.458. The lowest BCUT2D eigenvalue weighted by Crippen LogP contribution is -2.12. The van der Waals surface area contributed by atoms with E-state index in [-0.39, 0.29) is 0 Å². The molecule has 0 heterocycles. The van der Waals surface area contributed by atoms with Crippen molar-refractivity contribution in [1.82, 2.24) is 0 Å². The molecule has 2 aromatic rings. The number of hydrogen-bond donors (Lipinski definition) is 0. The van der Waals surface area contributed by atoms with Gasteiger partial charge >= 0.3 is 7.69 Å². The minimum absolute atomic E-state index is 0.458. The van der Waals surface area contributed by atoms with E-state index in [2.05, 4.69) is 0 Å². The summed E-state index contributed by atoms with van der Waals surface area (Å²) in [4.78, 5) is 0. The van der Waals surface area contributed by atoms with Gasteiger partial charge in [-0.2, -0.15) is 0 Å². The molecule has 4 nitrogen and oxygen atoms in total. The first-order valence-corrected chi connectivity index (χ1v) is 7.89. The maximum Gasteiger partial charge on any atom is 0.658 e. The number of halogens is 2. The maximum atomic E-state index is 5.97. The summed E-state index contributed by atoms with van der Waals surface area (Å²) in [5.41, 5.74) is 0. The van der Waals surface area contributed by atoms with Gasteiger partial charge < -0.3 is 18.8 Å². The lowest BCUT2D eigenvalue weighted by Gasteiger charge is -2.14. The van der Waals surface area contributed by atoms with Crippen LogP contribution in [-0.4, -0.2) is 20.9 Å². The van der Waals surface area contributed by atoms with Gasteiger partial charge in [-0.1, -0.05) is 23.2 Å². The zero-order valence-electron chi connectivity index (χ0n) is 12.8. The molecule has 0 aliphatic heterocycles. The quantitative estimate of drug-likeness (QED) is 0.640. The Balaban J connectivity index is 2.05. The van der Waals surface area contributed by atoms with Crippen LogP contribution in [0.3, 0.4) is 0 Å². The molecule has 0 spiro atoms. The number of ether oxygens (including phenoxy) is 2. The second-order valence-corrected chi connectivity index (χ2v) is 5.25. The molecule has 0 aliphatic carbocycles. The standard InChI is InChI=1S/C16H16BCl2O4/c1-3-20-13-7-5-11(18)9-15(13)22-17-23-16-10-12(19)6-8-14(16)21-4-2/h5-10H,3-4H2,1-2H3. The van der Waals surface area contributed by atoms with Crippen LogP contribution in [0.1, 0.15) is 13.8 Å². The van der Waals surface area contributed by atoms with Crippen LogP contribution in [-0.2, 0) is 0 Å². The Morgan fingerprint density at radius 3 is 1.57 bits per heavy atom. The molecule has 2 aromatic carbocycles. The van der Waals surface area contributed by atoms with E-state index in [1.165, 1.54) is 7.69 Å². The summed E-state index contributed by atoms with van der Waals surface area (Å²) < 4.78 is 21.9. The van der Waals surface area contributed by atoms with Gasteiger partial charge in [0.15, 0.2) is 11.5 Å². The molecule has 0 aromatic heterocycles. The highest BCUT2D eigenvalue weighted by Crippen LogP contribution is 2.32. The largest absolute Gasteiger partial charge is 0.658 e. The first-order valence-electron chi connectivity index (χ1n) is 7.13. The second kappa shape index (κ2) is 8.80. The molecule has 0 amide bonds. The van der Waals surface area contributed by atoms with Crippen molar-refractivity contribution in [2.45, 2.75) is 13.8 Å². The van der Waals surface area contributed by atoms with Crippen molar-refractivity contribution in [1.29, 1.82) is 0 Å². The molecule has 2 rings (SSSR count). The predicted molar refractivity (Wildman–Crippen MR) is 92.3 cm³/mol. The van der Waals surface area contributed by atoms with E-state index in [1.54, 1.807) is 36.4 Å². The van der Waals surface area contributed by atoms with Crippen LogP contribution in [0.4, 0.5) is 0 Å². The smallest absolute Gasteiger partial charge is 0.524 e. The van der Waals surface area contributed by atoms with Crippen molar-refractivity contribution >= 4 is 30.9 Å². The third kappa shape index (κ3) is 5.15. The van der Waals surface area contributed by atoms with Gasteiger partial charge in [0.2, 0.25) is 0 Å². The van der Waals surface area contributed by atoms with E-state index in [9.17, 15) is 0 Å². The Kier molecular flexibility index (Phi) is 6.75. The van der Waals surface area contributed by atoms with E-state index in [4.69, 9.17) is 42.0 Å². The Morgan fingerprint density at radius 1 is 0.739 bits per heavy atom. The fourth-order valence-corrected chi connectivity index (χ4v) is 2.15. The average Bonchev–Trinajstić information content (AvgIpc) is 2.53. The molecule has 7 heteroatoms. The summed E-state index contributed by atoms with van der Waals surface area (Å²) in [5, 5.41) is 1.07. The second-order valence-electron chi connectivity index (χ2n) is 4.38. The molecule has 0 N–H and O–H groups in total. The van der Waals surface area contributed by atoms with Gasteiger partial charge in [0, 0.05) is 22.2 Å². The van der Waals surface area contributed by atoms with E-state index in [1.807, 2.05) is 13.8 Å². The zero-order chi connectivity index (χ0) is 16.7. The first kappa shape index (κ1) is 17.6. The molecule has 0 aliphatic rings. The highest BCUT2D eigenvalue weighted by Gasteiger charge is 2.12. The topological polar surface area (TPSA) is 36.9 Å². The van der Waals surface area contributed by atoms with Crippen LogP contribution in [0.2, 0.25) is 10.0 Å². The van der Waals surface area contributed by atoms with Crippen LogP contribution < -0.4 is 18.8 Å². The highest BCUT2D eigenvalue weighted by molar-refractivity contribution is 6.31. The lowest BCUT2D eigenvalue weighted by atomic mass is 10.2. The van der Waals surface area contributed by atoms with Crippen LogP contribution >= 0.6 is 23.2 Å². The number of hydrogen-bond acceptors (Lipinski definition) is 4. The highest BCUT2D eigenvalue weighted by atomic mass is 35.5. The fraction of sp³-hybridized carbons (Fsp3) is 0.250. The molecule has 121 valence electrons. The maximum absolute atomic E-state index is 5.97. The van der Waals surface area contributed by atoms with Crippen LogP contribution in [0, 0.1) is 0 Å². The average molecular weight is 354 g/mol. The van der Waals surface area contributed by atoms with Crippen molar-refractivity contribution in [2.24, 2.45) is 0 Å². The third-order valence-corrected chi connectivity index (χ3v) is 3.23. The summed E-state index contributed by atoms with van der Waals surface area (Å²) in [6.45, 7) is 4.81. The Hall–Kier alpha value is -1.72. The van der Waals surface area contributed by atoms with Crippen molar-refractivity contribution in [3.05, 3.63) is 46.4 Å². The van der Waals surface area contributed by atoms with E-state index < -0.39 is 0 Å². The molecule has 0 saturated carbocycles. The summed E-state index contributed by atoms with van der Waals surface area (Å²) in [7, 11) is 1.18. The molecule has 0 saturated heterocycles. The normalized spacial score (nSPS) is 10.1. The first-order chi connectivity index (χ1) is 11.1. The van der Waals surface area contributed by atoms with Crippen molar-refractivity contribution in [2.75, 3.05) is 13.2 Å². The van der Waals surface area contributed by atoms with Gasteiger partial charge in [-0.15, -0.1) is 0 Å². The third-order valence-electron chi connectivity index (χ3n) is 2.76. The van der Waals surface area contributed by atoms with Gasteiger partial charge in [-0.05, 0) is 38.1 Å². The van der Waals surface area contributed by atoms with Crippen LogP contribution in [0.15, 0.2) is 36.4 Å². The van der Waals surface area contributed by atoms with Gasteiger partial charge in [0.05, 0.1) is 13.2 Å². The molecule has 0 atom stereocenters. The van der Waals surface area contributed by atoms with Crippen molar-refractivity contribution in [3.8, 4) is 23.0 Å². The molecule has 0 bridgehead atoms. The lowest BCUT2D eigenvalue weighted by molar-refractivity contribution is 0.317.